The standard InChI is InChI=1S/C15H17ClN4O2/c16-13-8-11(9-17-14(13)21)15(22)20-7-2-1-4-12(20)10-19-6-3-5-18-19/h3,5-6,8-9,12H,1-2,4,7,10H2,(H,17,21). The Bertz CT molecular complexity index is 711. The molecule has 0 spiro atoms. The Balaban J connectivity index is 1.81. The van der Waals surface area contributed by atoms with Crippen molar-refractivity contribution >= 4 is 17.5 Å². The van der Waals surface area contributed by atoms with Crippen LogP contribution < -0.4 is 5.56 Å². The Kier molecular flexibility index (Phi) is 4.29. The number of carbonyl (C=O) groups is 1. The molecule has 0 bridgehead atoms. The number of amides is 1. The molecule has 3 heterocycles. The van der Waals surface area contributed by atoms with Crippen LogP contribution in [0.15, 0.2) is 35.5 Å². The quantitative estimate of drug-likeness (QED) is 0.939. The number of likely N-dealkylation sites (tertiary alicyclic amines) is 1. The molecule has 2 aromatic heterocycles. The largest absolute Gasteiger partial charge is 0.334 e. The molecule has 1 aliphatic rings. The van der Waals surface area contributed by atoms with E-state index in [-0.39, 0.29) is 22.5 Å². The van der Waals surface area contributed by atoms with Gasteiger partial charge < -0.3 is 9.88 Å². The van der Waals surface area contributed by atoms with Crippen LogP contribution in [-0.4, -0.2) is 38.2 Å². The number of rotatable bonds is 3. The van der Waals surface area contributed by atoms with E-state index in [1.165, 1.54) is 12.3 Å². The van der Waals surface area contributed by atoms with Crippen LogP contribution in [0.2, 0.25) is 5.02 Å². The fraction of sp³-hybridized carbons (Fsp3) is 0.400. The van der Waals surface area contributed by atoms with Gasteiger partial charge >= 0.3 is 0 Å². The van der Waals surface area contributed by atoms with Gasteiger partial charge in [-0.1, -0.05) is 11.6 Å². The van der Waals surface area contributed by atoms with Crippen molar-refractivity contribution < 1.29 is 4.79 Å². The maximum atomic E-state index is 12.7. The van der Waals surface area contributed by atoms with E-state index in [1.807, 2.05) is 21.8 Å². The van der Waals surface area contributed by atoms with Crippen molar-refractivity contribution in [1.82, 2.24) is 19.7 Å². The molecule has 1 fully saturated rings. The number of pyridine rings is 1. The van der Waals surface area contributed by atoms with Crippen LogP contribution in [0.25, 0.3) is 0 Å². The summed E-state index contributed by atoms with van der Waals surface area (Å²) in [5.41, 5.74) is 0.0296. The minimum atomic E-state index is -0.384. The van der Waals surface area contributed by atoms with Gasteiger partial charge in [-0.15, -0.1) is 0 Å². The highest BCUT2D eigenvalue weighted by molar-refractivity contribution is 6.30. The lowest BCUT2D eigenvalue weighted by Crippen LogP contribution is -2.46. The molecular formula is C15H17ClN4O2. The molecule has 7 heteroatoms. The molecule has 1 atom stereocenters. The first-order valence-corrected chi connectivity index (χ1v) is 7.69. The van der Waals surface area contributed by atoms with Gasteiger partial charge in [0.2, 0.25) is 0 Å². The van der Waals surface area contributed by atoms with Gasteiger partial charge in [0.25, 0.3) is 11.5 Å². The molecule has 1 saturated heterocycles. The summed E-state index contributed by atoms with van der Waals surface area (Å²) < 4.78 is 1.84. The molecule has 1 N–H and O–H groups in total. The van der Waals surface area contributed by atoms with Gasteiger partial charge in [0.05, 0.1) is 18.2 Å². The van der Waals surface area contributed by atoms with E-state index in [2.05, 4.69) is 10.1 Å². The number of aromatic nitrogens is 3. The van der Waals surface area contributed by atoms with Crippen molar-refractivity contribution in [2.45, 2.75) is 31.8 Å². The summed E-state index contributed by atoms with van der Waals surface area (Å²) in [4.78, 5) is 28.4. The predicted molar refractivity (Wildman–Crippen MR) is 83.0 cm³/mol. The lowest BCUT2D eigenvalue weighted by Gasteiger charge is -2.35. The van der Waals surface area contributed by atoms with Crippen molar-refractivity contribution in [3.05, 3.63) is 51.7 Å². The van der Waals surface area contributed by atoms with Gasteiger partial charge in [-0.3, -0.25) is 14.3 Å². The molecule has 0 aromatic carbocycles. The Labute approximate surface area is 132 Å². The van der Waals surface area contributed by atoms with Crippen LogP contribution in [0.1, 0.15) is 29.6 Å². The van der Waals surface area contributed by atoms with E-state index in [4.69, 9.17) is 11.6 Å². The number of halogens is 1. The molecule has 6 nitrogen and oxygen atoms in total. The highest BCUT2D eigenvalue weighted by Crippen LogP contribution is 2.21. The molecule has 1 amide bonds. The van der Waals surface area contributed by atoms with Crippen LogP contribution in [-0.2, 0) is 6.54 Å². The lowest BCUT2D eigenvalue weighted by atomic mass is 10.0. The molecule has 2 aromatic rings. The minimum Gasteiger partial charge on any atom is -0.334 e. The van der Waals surface area contributed by atoms with Gasteiger partial charge in [0.1, 0.15) is 5.02 Å². The summed E-state index contributed by atoms with van der Waals surface area (Å²) in [5.74, 6) is -0.102. The topological polar surface area (TPSA) is 71.0 Å². The van der Waals surface area contributed by atoms with Gasteiger partial charge in [-0.05, 0) is 31.4 Å². The normalized spacial score (nSPS) is 18.4. The Morgan fingerprint density at radius 2 is 2.32 bits per heavy atom. The maximum absolute atomic E-state index is 12.7. The molecule has 22 heavy (non-hydrogen) atoms. The molecule has 1 unspecified atom stereocenters. The Hall–Kier alpha value is -2.08. The first-order chi connectivity index (χ1) is 10.6. The van der Waals surface area contributed by atoms with Crippen LogP contribution in [0.3, 0.4) is 0 Å². The fourth-order valence-corrected chi connectivity index (χ4v) is 3.00. The second-order valence-corrected chi connectivity index (χ2v) is 5.85. The number of hydrogen-bond donors (Lipinski definition) is 1. The van der Waals surface area contributed by atoms with Crippen molar-refractivity contribution in [2.24, 2.45) is 0 Å². The average Bonchev–Trinajstić information content (AvgIpc) is 3.03. The van der Waals surface area contributed by atoms with Gasteiger partial charge in [-0.2, -0.15) is 5.10 Å². The number of H-pyrrole nitrogens is 1. The van der Waals surface area contributed by atoms with Gasteiger partial charge in [0.15, 0.2) is 0 Å². The van der Waals surface area contributed by atoms with Crippen molar-refractivity contribution in [2.75, 3.05) is 6.54 Å². The van der Waals surface area contributed by atoms with E-state index in [9.17, 15) is 9.59 Å². The lowest BCUT2D eigenvalue weighted by molar-refractivity contribution is 0.0583. The molecule has 0 aliphatic carbocycles. The van der Waals surface area contributed by atoms with Crippen LogP contribution in [0, 0.1) is 0 Å². The number of piperidine rings is 1. The van der Waals surface area contributed by atoms with Crippen LogP contribution >= 0.6 is 11.6 Å². The highest BCUT2D eigenvalue weighted by atomic mass is 35.5. The van der Waals surface area contributed by atoms with E-state index < -0.39 is 0 Å². The highest BCUT2D eigenvalue weighted by Gasteiger charge is 2.28. The molecular weight excluding hydrogens is 304 g/mol. The first kappa shape index (κ1) is 14.8. The summed E-state index contributed by atoms with van der Waals surface area (Å²) in [7, 11) is 0. The van der Waals surface area contributed by atoms with Crippen LogP contribution in [0.4, 0.5) is 0 Å². The third kappa shape index (κ3) is 3.06. The zero-order chi connectivity index (χ0) is 15.5. The molecule has 0 radical (unpaired) electrons. The molecule has 0 saturated carbocycles. The number of nitrogens with one attached hydrogen (secondary N) is 1. The van der Waals surface area contributed by atoms with Gasteiger partial charge in [-0.25, -0.2) is 0 Å². The molecule has 3 rings (SSSR count). The smallest absolute Gasteiger partial charge is 0.266 e. The van der Waals surface area contributed by atoms with E-state index in [1.54, 1.807) is 6.20 Å². The average molecular weight is 321 g/mol. The first-order valence-electron chi connectivity index (χ1n) is 7.32. The SMILES string of the molecule is O=C(c1c[nH]c(=O)c(Cl)c1)N1CCCCC1Cn1cccn1. The zero-order valence-electron chi connectivity index (χ0n) is 12.0. The third-order valence-electron chi connectivity index (χ3n) is 3.95. The van der Waals surface area contributed by atoms with Crippen molar-refractivity contribution in [1.29, 1.82) is 0 Å². The molecule has 1 aliphatic heterocycles. The number of carbonyl (C=O) groups excluding carboxylic acids is 1. The fourth-order valence-electron chi connectivity index (χ4n) is 2.83. The minimum absolute atomic E-state index is 0.0338. The number of aromatic amines is 1. The summed E-state index contributed by atoms with van der Waals surface area (Å²) in [6.07, 6.45) is 8.09. The molecule has 116 valence electrons. The van der Waals surface area contributed by atoms with E-state index in [0.29, 0.717) is 18.7 Å². The second kappa shape index (κ2) is 6.36. The van der Waals surface area contributed by atoms with Crippen molar-refractivity contribution in [3.8, 4) is 0 Å². The number of nitrogens with zero attached hydrogens (tertiary/aromatic N) is 3. The van der Waals surface area contributed by atoms with Crippen LogP contribution in [0.5, 0.6) is 0 Å². The summed E-state index contributed by atoms with van der Waals surface area (Å²) in [6.45, 7) is 1.39. The predicted octanol–water partition coefficient (Wildman–Crippen LogP) is 1.92. The summed E-state index contributed by atoms with van der Waals surface area (Å²) >= 11 is 5.82. The Morgan fingerprint density at radius 3 is 3.05 bits per heavy atom. The van der Waals surface area contributed by atoms with E-state index in [0.717, 1.165) is 19.3 Å². The zero-order valence-corrected chi connectivity index (χ0v) is 12.8. The monoisotopic (exact) mass is 320 g/mol. The summed E-state index contributed by atoms with van der Waals surface area (Å²) in [6, 6.07) is 3.41. The third-order valence-corrected chi connectivity index (χ3v) is 4.23. The van der Waals surface area contributed by atoms with E-state index >= 15 is 0 Å². The second-order valence-electron chi connectivity index (χ2n) is 5.44. The van der Waals surface area contributed by atoms with Crippen molar-refractivity contribution in [3.63, 3.8) is 0 Å². The maximum Gasteiger partial charge on any atom is 0.266 e. The summed E-state index contributed by atoms with van der Waals surface area (Å²) in [5, 5.41) is 4.25. The van der Waals surface area contributed by atoms with Gasteiger partial charge in [0, 0.05) is 25.1 Å². The Morgan fingerprint density at radius 1 is 1.45 bits per heavy atom. The number of hydrogen-bond acceptors (Lipinski definition) is 3.